The maximum atomic E-state index is 13.5. The Morgan fingerprint density at radius 2 is 1.86 bits per heavy atom. The Morgan fingerprint density at radius 3 is 2.29 bits per heavy atom. The topological polar surface area (TPSA) is 52.6 Å². The molecule has 0 aliphatic rings. The van der Waals surface area contributed by atoms with E-state index in [0.29, 0.717) is 0 Å². The summed E-state index contributed by atoms with van der Waals surface area (Å²) < 4.78 is 27.0. The van der Waals surface area contributed by atoms with Crippen molar-refractivity contribution in [2.24, 2.45) is 0 Å². The summed E-state index contributed by atoms with van der Waals surface area (Å²) in [6.07, 6.45) is 0. The van der Waals surface area contributed by atoms with Crippen molar-refractivity contribution in [1.82, 2.24) is 10.2 Å². The largest absolute Gasteiger partial charge is 0.389 e. The highest BCUT2D eigenvalue weighted by Crippen LogP contribution is 2.13. The first-order valence-corrected chi connectivity index (χ1v) is 6.81. The summed E-state index contributed by atoms with van der Waals surface area (Å²) in [5.74, 6) is -1.40. The van der Waals surface area contributed by atoms with Crippen molar-refractivity contribution in [2.45, 2.75) is 45.9 Å². The molecule has 0 radical (unpaired) electrons. The second kappa shape index (κ2) is 6.85. The number of carbonyl (C=O) groups is 1. The molecule has 2 N–H and O–H groups in total. The van der Waals surface area contributed by atoms with Crippen LogP contribution in [0.25, 0.3) is 0 Å². The summed E-state index contributed by atoms with van der Waals surface area (Å²) in [5, 5.41) is 12.3. The molecule has 0 fully saturated rings. The molecule has 21 heavy (non-hydrogen) atoms. The number of halogens is 2. The van der Waals surface area contributed by atoms with E-state index in [1.807, 2.05) is 0 Å². The lowest BCUT2D eigenvalue weighted by atomic mass is 10.1. The molecule has 1 aromatic carbocycles. The van der Waals surface area contributed by atoms with E-state index in [4.69, 9.17) is 0 Å². The van der Waals surface area contributed by atoms with Gasteiger partial charge in [-0.3, -0.25) is 0 Å². The Balaban J connectivity index is 2.75. The van der Waals surface area contributed by atoms with Crippen LogP contribution < -0.4 is 5.32 Å². The molecule has 0 unspecified atom stereocenters. The van der Waals surface area contributed by atoms with Crippen LogP contribution in [0.5, 0.6) is 0 Å². The minimum Gasteiger partial charge on any atom is -0.389 e. The molecule has 2 amide bonds. The van der Waals surface area contributed by atoms with Gasteiger partial charge in [0.05, 0.1) is 18.7 Å². The highest BCUT2D eigenvalue weighted by molar-refractivity contribution is 5.74. The van der Waals surface area contributed by atoms with Crippen LogP contribution >= 0.6 is 0 Å². The van der Waals surface area contributed by atoms with Crippen molar-refractivity contribution in [3.8, 4) is 0 Å². The quantitative estimate of drug-likeness (QED) is 0.878. The molecule has 118 valence electrons. The van der Waals surface area contributed by atoms with Gasteiger partial charge in [-0.15, -0.1) is 0 Å². The molecule has 0 spiro atoms. The van der Waals surface area contributed by atoms with E-state index in [2.05, 4.69) is 5.32 Å². The SMILES string of the molecule is CC(C)N(CC(C)(C)O)C(=O)NCc1c(F)cccc1F. The van der Waals surface area contributed by atoms with Crippen LogP contribution in [0, 0.1) is 11.6 Å². The highest BCUT2D eigenvalue weighted by atomic mass is 19.1. The zero-order valence-corrected chi connectivity index (χ0v) is 12.8. The summed E-state index contributed by atoms with van der Waals surface area (Å²) in [6.45, 7) is 6.66. The summed E-state index contributed by atoms with van der Waals surface area (Å²) in [4.78, 5) is 13.5. The number of aliphatic hydroxyl groups is 1. The number of carbonyl (C=O) groups excluding carboxylic acids is 1. The normalized spacial score (nSPS) is 11.6. The summed E-state index contributed by atoms with van der Waals surface area (Å²) in [5.41, 5.74) is -1.23. The number of urea groups is 1. The van der Waals surface area contributed by atoms with E-state index in [-0.39, 0.29) is 24.7 Å². The minimum absolute atomic E-state index is 0.121. The molecule has 0 heterocycles. The predicted octanol–water partition coefficient (Wildman–Crippen LogP) is 2.66. The molecular weight excluding hydrogens is 278 g/mol. The van der Waals surface area contributed by atoms with Gasteiger partial charge in [-0.2, -0.15) is 0 Å². The Hall–Kier alpha value is -1.69. The molecule has 0 aromatic heterocycles. The molecule has 6 heteroatoms. The average Bonchev–Trinajstić information content (AvgIpc) is 2.33. The monoisotopic (exact) mass is 300 g/mol. The molecule has 4 nitrogen and oxygen atoms in total. The van der Waals surface area contributed by atoms with Crippen LogP contribution in [0.3, 0.4) is 0 Å². The van der Waals surface area contributed by atoms with Crippen molar-refractivity contribution in [3.05, 3.63) is 35.4 Å². The lowest BCUT2D eigenvalue weighted by Gasteiger charge is -2.32. The first kappa shape index (κ1) is 17.4. The molecule has 0 saturated carbocycles. The summed E-state index contributed by atoms with van der Waals surface area (Å²) in [6, 6.07) is 2.92. The predicted molar refractivity (Wildman–Crippen MR) is 76.7 cm³/mol. The molecule has 1 aromatic rings. The van der Waals surface area contributed by atoms with Gasteiger partial charge in [0.2, 0.25) is 0 Å². The first-order chi connectivity index (χ1) is 9.61. The third-order valence-corrected chi connectivity index (χ3v) is 2.92. The van der Waals surface area contributed by atoms with Gasteiger partial charge in [0, 0.05) is 11.6 Å². The number of hydrogen-bond acceptors (Lipinski definition) is 2. The van der Waals surface area contributed by atoms with Gasteiger partial charge in [0.25, 0.3) is 0 Å². The van der Waals surface area contributed by atoms with Crippen LogP contribution in [0.4, 0.5) is 13.6 Å². The number of amides is 2. The fourth-order valence-corrected chi connectivity index (χ4v) is 1.87. The van der Waals surface area contributed by atoms with Crippen molar-refractivity contribution in [2.75, 3.05) is 6.54 Å². The first-order valence-electron chi connectivity index (χ1n) is 6.81. The van der Waals surface area contributed by atoms with Crippen molar-refractivity contribution >= 4 is 6.03 Å². The van der Waals surface area contributed by atoms with E-state index >= 15 is 0 Å². The van der Waals surface area contributed by atoms with Gasteiger partial charge in [-0.05, 0) is 39.8 Å². The Labute approximate surface area is 123 Å². The van der Waals surface area contributed by atoms with Gasteiger partial charge in [0.15, 0.2) is 0 Å². The number of nitrogens with zero attached hydrogens (tertiary/aromatic N) is 1. The van der Waals surface area contributed by atoms with Gasteiger partial charge < -0.3 is 15.3 Å². The van der Waals surface area contributed by atoms with Gasteiger partial charge in [0.1, 0.15) is 11.6 Å². The van der Waals surface area contributed by atoms with Gasteiger partial charge in [-0.25, -0.2) is 13.6 Å². The number of hydrogen-bond donors (Lipinski definition) is 2. The average molecular weight is 300 g/mol. The minimum atomic E-state index is -1.05. The van der Waals surface area contributed by atoms with Crippen molar-refractivity contribution in [3.63, 3.8) is 0 Å². The molecule has 1 rings (SSSR count). The Kier molecular flexibility index (Phi) is 5.66. The van der Waals surface area contributed by atoms with E-state index < -0.39 is 23.3 Å². The van der Waals surface area contributed by atoms with Crippen LogP contribution in [0.15, 0.2) is 18.2 Å². The highest BCUT2D eigenvalue weighted by Gasteiger charge is 2.24. The Morgan fingerprint density at radius 1 is 1.33 bits per heavy atom. The van der Waals surface area contributed by atoms with E-state index in [9.17, 15) is 18.7 Å². The van der Waals surface area contributed by atoms with Crippen LogP contribution in [0.1, 0.15) is 33.3 Å². The zero-order chi connectivity index (χ0) is 16.2. The standard InChI is InChI=1S/C15H22F2N2O2/c1-10(2)19(9-15(3,4)21)14(20)18-8-11-12(16)6-5-7-13(11)17/h5-7,10,21H,8-9H2,1-4H3,(H,18,20). The van der Waals surface area contributed by atoms with Crippen molar-refractivity contribution in [1.29, 1.82) is 0 Å². The smallest absolute Gasteiger partial charge is 0.317 e. The summed E-state index contributed by atoms with van der Waals surface area (Å²) in [7, 11) is 0. The molecular formula is C15H22F2N2O2. The summed E-state index contributed by atoms with van der Waals surface area (Å²) >= 11 is 0. The Bertz CT molecular complexity index is 479. The third kappa shape index (κ3) is 5.30. The molecule has 0 bridgehead atoms. The van der Waals surface area contributed by atoms with Crippen LogP contribution in [0.2, 0.25) is 0 Å². The molecule has 0 aliphatic heterocycles. The fourth-order valence-electron chi connectivity index (χ4n) is 1.87. The lowest BCUT2D eigenvalue weighted by Crippen LogP contribution is -2.49. The van der Waals surface area contributed by atoms with E-state index in [0.717, 1.165) is 12.1 Å². The number of benzene rings is 1. The number of rotatable bonds is 5. The molecule has 0 saturated heterocycles. The third-order valence-electron chi connectivity index (χ3n) is 2.92. The maximum Gasteiger partial charge on any atom is 0.317 e. The van der Waals surface area contributed by atoms with Crippen molar-refractivity contribution < 1.29 is 18.7 Å². The van der Waals surface area contributed by atoms with Gasteiger partial charge in [-0.1, -0.05) is 6.07 Å². The van der Waals surface area contributed by atoms with E-state index in [1.165, 1.54) is 11.0 Å². The molecule has 0 atom stereocenters. The van der Waals surface area contributed by atoms with Crippen LogP contribution in [-0.4, -0.2) is 34.2 Å². The second-order valence-electron chi connectivity index (χ2n) is 5.89. The van der Waals surface area contributed by atoms with E-state index in [1.54, 1.807) is 27.7 Å². The zero-order valence-electron chi connectivity index (χ0n) is 12.8. The van der Waals surface area contributed by atoms with Gasteiger partial charge >= 0.3 is 6.03 Å². The maximum absolute atomic E-state index is 13.5. The molecule has 0 aliphatic carbocycles. The number of nitrogens with one attached hydrogen (secondary N) is 1. The fraction of sp³-hybridized carbons (Fsp3) is 0.533. The lowest BCUT2D eigenvalue weighted by molar-refractivity contribution is 0.0387. The second-order valence-corrected chi connectivity index (χ2v) is 5.89. The van der Waals surface area contributed by atoms with Crippen LogP contribution in [-0.2, 0) is 6.54 Å².